The van der Waals surface area contributed by atoms with Crippen molar-refractivity contribution in [3.05, 3.63) is 66.1 Å². The Hall–Kier alpha value is -3.84. The molecule has 0 radical (unpaired) electrons. The van der Waals surface area contributed by atoms with Crippen molar-refractivity contribution in [2.24, 2.45) is 0 Å². The molecule has 2 aromatic heterocycles. The average Bonchev–Trinajstić information content (AvgIpc) is 3.59. The second-order valence-corrected chi connectivity index (χ2v) is 9.63. The van der Waals surface area contributed by atoms with Crippen LogP contribution in [0.2, 0.25) is 0 Å². The van der Waals surface area contributed by atoms with Crippen LogP contribution in [0.15, 0.2) is 59.3 Å². The first-order valence-corrected chi connectivity index (χ1v) is 12.9. The Kier molecular flexibility index (Phi) is 6.65. The highest BCUT2D eigenvalue weighted by Gasteiger charge is 2.39. The smallest absolute Gasteiger partial charge is 0.262 e. The van der Waals surface area contributed by atoms with Crippen molar-refractivity contribution in [2.75, 3.05) is 33.3 Å². The Morgan fingerprint density at radius 3 is 2.32 bits per heavy atom. The number of carbonyl (C=O) groups is 2. The summed E-state index contributed by atoms with van der Waals surface area (Å²) in [6, 6.07) is 13.7. The number of para-hydroxylation sites is 1. The van der Waals surface area contributed by atoms with Gasteiger partial charge in [-0.15, -0.1) is 0 Å². The molecular formula is C30H33N3O4. The summed E-state index contributed by atoms with van der Waals surface area (Å²) in [6.07, 6.45) is 3.58. The molecule has 1 aliphatic heterocycles. The lowest BCUT2D eigenvalue weighted by atomic mass is 9.95. The molecule has 5 rings (SSSR count). The molecule has 2 aromatic carbocycles. The molecular weight excluding hydrogens is 466 g/mol. The lowest BCUT2D eigenvalue weighted by Crippen LogP contribution is -2.27. The third-order valence-corrected chi connectivity index (χ3v) is 7.26. The van der Waals surface area contributed by atoms with E-state index in [1.54, 1.807) is 6.26 Å². The van der Waals surface area contributed by atoms with Gasteiger partial charge in [0.1, 0.15) is 17.9 Å². The van der Waals surface area contributed by atoms with E-state index in [1.165, 1.54) is 11.9 Å². The number of benzene rings is 2. The van der Waals surface area contributed by atoms with Gasteiger partial charge in [0, 0.05) is 47.9 Å². The minimum Gasteiger partial charge on any atom is -0.491 e. The Morgan fingerprint density at radius 2 is 1.62 bits per heavy atom. The first kappa shape index (κ1) is 24.8. The van der Waals surface area contributed by atoms with Gasteiger partial charge in [0.25, 0.3) is 11.8 Å². The Bertz CT molecular complexity index is 1520. The van der Waals surface area contributed by atoms with Gasteiger partial charge in [-0.1, -0.05) is 32.0 Å². The van der Waals surface area contributed by atoms with Gasteiger partial charge in [-0.3, -0.25) is 14.5 Å². The molecule has 3 heterocycles. The quantitative estimate of drug-likeness (QED) is 0.281. The fourth-order valence-electron chi connectivity index (χ4n) is 5.16. The highest BCUT2D eigenvalue weighted by Crippen LogP contribution is 2.42. The van der Waals surface area contributed by atoms with Gasteiger partial charge >= 0.3 is 0 Å². The summed E-state index contributed by atoms with van der Waals surface area (Å²) < 4.78 is 14.1. The Balaban J connectivity index is 1.65. The van der Waals surface area contributed by atoms with Crippen molar-refractivity contribution >= 4 is 44.8 Å². The van der Waals surface area contributed by atoms with Gasteiger partial charge in [0.05, 0.1) is 22.8 Å². The molecule has 0 bridgehead atoms. The molecule has 0 N–H and O–H groups in total. The lowest BCUT2D eigenvalue weighted by Gasteiger charge is -2.18. The molecule has 0 atom stereocenters. The van der Waals surface area contributed by atoms with Crippen molar-refractivity contribution in [1.29, 1.82) is 0 Å². The van der Waals surface area contributed by atoms with Crippen LogP contribution in [0.1, 0.15) is 44.9 Å². The summed E-state index contributed by atoms with van der Waals surface area (Å²) in [7, 11) is 1.53. The predicted molar refractivity (Wildman–Crippen MR) is 146 cm³/mol. The van der Waals surface area contributed by atoms with Gasteiger partial charge in [-0.2, -0.15) is 0 Å². The Labute approximate surface area is 216 Å². The zero-order valence-corrected chi connectivity index (χ0v) is 22.1. The summed E-state index contributed by atoms with van der Waals surface area (Å²) in [5, 5.41) is 1.72. The number of hydrogen-bond acceptors (Lipinski definition) is 5. The highest BCUT2D eigenvalue weighted by molar-refractivity contribution is 6.50. The van der Waals surface area contributed by atoms with Gasteiger partial charge < -0.3 is 18.6 Å². The number of furan rings is 1. The molecule has 1 aliphatic rings. The summed E-state index contributed by atoms with van der Waals surface area (Å²) in [6.45, 7) is 11.8. The topological polar surface area (TPSA) is 67.9 Å². The largest absolute Gasteiger partial charge is 0.491 e. The molecule has 4 aromatic rings. The molecule has 2 amide bonds. The number of nitrogens with zero attached hydrogens (tertiary/aromatic N) is 3. The number of aromatic nitrogens is 1. The molecule has 0 spiro atoms. The maximum atomic E-state index is 13.5. The van der Waals surface area contributed by atoms with Crippen molar-refractivity contribution < 1.29 is 18.7 Å². The van der Waals surface area contributed by atoms with Crippen LogP contribution >= 0.6 is 0 Å². The van der Waals surface area contributed by atoms with Crippen molar-refractivity contribution in [3.8, 4) is 5.75 Å². The number of rotatable bonds is 9. The van der Waals surface area contributed by atoms with E-state index in [-0.39, 0.29) is 17.9 Å². The maximum Gasteiger partial charge on any atom is 0.262 e. The third kappa shape index (κ3) is 4.13. The minimum absolute atomic E-state index is 0.192. The predicted octanol–water partition coefficient (Wildman–Crippen LogP) is 5.60. The zero-order valence-electron chi connectivity index (χ0n) is 22.1. The summed E-state index contributed by atoms with van der Waals surface area (Å²) in [5.74, 6) is 0.0449. The van der Waals surface area contributed by atoms with E-state index in [1.807, 2.05) is 48.7 Å². The molecule has 0 aliphatic carbocycles. The fraction of sp³-hybridized carbons (Fsp3) is 0.333. The van der Waals surface area contributed by atoms with E-state index >= 15 is 0 Å². The van der Waals surface area contributed by atoms with Gasteiger partial charge in [0.15, 0.2) is 0 Å². The van der Waals surface area contributed by atoms with Gasteiger partial charge in [-0.25, -0.2) is 0 Å². The summed E-state index contributed by atoms with van der Waals surface area (Å²) >= 11 is 0. The van der Waals surface area contributed by atoms with E-state index in [0.717, 1.165) is 41.5 Å². The first-order valence-electron chi connectivity index (χ1n) is 12.9. The second kappa shape index (κ2) is 9.90. The summed E-state index contributed by atoms with van der Waals surface area (Å²) in [4.78, 5) is 30.5. The average molecular weight is 500 g/mol. The van der Waals surface area contributed by atoms with Crippen LogP contribution in [0.4, 0.5) is 0 Å². The van der Waals surface area contributed by atoms with Crippen LogP contribution in [-0.2, 0) is 9.59 Å². The van der Waals surface area contributed by atoms with E-state index in [9.17, 15) is 9.59 Å². The van der Waals surface area contributed by atoms with Crippen molar-refractivity contribution in [3.63, 3.8) is 0 Å². The molecule has 0 saturated heterocycles. The van der Waals surface area contributed by atoms with Crippen LogP contribution < -0.4 is 4.74 Å². The molecule has 7 nitrogen and oxygen atoms in total. The van der Waals surface area contributed by atoms with Crippen LogP contribution in [0.25, 0.3) is 33.0 Å². The maximum absolute atomic E-state index is 13.5. The van der Waals surface area contributed by atoms with Crippen LogP contribution in [0, 0.1) is 0 Å². The van der Waals surface area contributed by atoms with E-state index in [0.29, 0.717) is 34.6 Å². The van der Waals surface area contributed by atoms with Crippen LogP contribution in [-0.4, -0.2) is 59.5 Å². The molecule has 37 heavy (non-hydrogen) atoms. The van der Waals surface area contributed by atoms with Crippen molar-refractivity contribution in [2.45, 2.75) is 33.7 Å². The number of likely N-dealkylation sites (N-methyl/N-ethyl adjacent to an activating group) is 2. The van der Waals surface area contributed by atoms with Crippen LogP contribution in [0.5, 0.6) is 5.75 Å². The van der Waals surface area contributed by atoms with Crippen LogP contribution in [0.3, 0.4) is 0 Å². The zero-order chi connectivity index (χ0) is 26.3. The number of fused-ring (bicyclic) bond motifs is 2. The SMILES string of the molecule is CCN(CC)CCOc1ccc(C2=C(c3cn(C(C)C)c4ccccc34)C(=O)N(C)C2=O)c2occc12. The number of imide groups is 1. The molecule has 0 fully saturated rings. The number of carbonyl (C=O) groups excluding carboxylic acids is 2. The highest BCUT2D eigenvalue weighted by atomic mass is 16.5. The normalized spacial score (nSPS) is 14.4. The summed E-state index contributed by atoms with van der Waals surface area (Å²) in [5.41, 5.74) is 3.66. The van der Waals surface area contributed by atoms with E-state index in [2.05, 4.69) is 37.2 Å². The minimum atomic E-state index is -0.339. The molecule has 192 valence electrons. The van der Waals surface area contributed by atoms with Crippen molar-refractivity contribution in [1.82, 2.24) is 14.4 Å². The fourth-order valence-corrected chi connectivity index (χ4v) is 5.16. The second-order valence-electron chi connectivity index (χ2n) is 9.63. The van der Waals surface area contributed by atoms with E-state index < -0.39 is 0 Å². The number of hydrogen-bond donors (Lipinski definition) is 0. The Morgan fingerprint density at radius 1 is 0.919 bits per heavy atom. The number of ether oxygens (including phenoxy) is 1. The molecule has 7 heteroatoms. The third-order valence-electron chi connectivity index (χ3n) is 7.26. The number of amides is 2. The first-order chi connectivity index (χ1) is 17.9. The van der Waals surface area contributed by atoms with E-state index in [4.69, 9.17) is 9.15 Å². The standard InChI is InChI=1S/C30H33N3O4/c1-6-32(7-2)15-17-36-25-13-12-22(28-21(25)14-16-37-28)26-27(30(35)31(5)29(26)34)23-18-33(19(3)4)24-11-9-8-10-20(23)24/h8-14,16,18-19H,6-7,15,17H2,1-5H3. The monoisotopic (exact) mass is 499 g/mol. The molecule has 0 unspecified atom stereocenters. The lowest BCUT2D eigenvalue weighted by molar-refractivity contribution is -0.134. The van der Waals surface area contributed by atoms with Gasteiger partial charge in [-0.05, 0) is 51.2 Å². The molecule has 0 saturated carbocycles. The van der Waals surface area contributed by atoms with Gasteiger partial charge in [0.2, 0.25) is 0 Å².